The van der Waals surface area contributed by atoms with Gasteiger partial charge in [-0.25, -0.2) is 8.42 Å². The van der Waals surface area contributed by atoms with E-state index >= 15 is 0 Å². The van der Waals surface area contributed by atoms with Crippen molar-refractivity contribution in [1.82, 2.24) is 14.8 Å². The van der Waals surface area contributed by atoms with Gasteiger partial charge >= 0.3 is 0 Å². The molecule has 0 atom stereocenters. The van der Waals surface area contributed by atoms with Crippen molar-refractivity contribution < 1.29 is 17.9 Å². The van der Waals surface area contributed by atoms with Crippen LogP contribution in [-0.4, -0.2) is 61.9 Å². The fraction of sp³-hybridized carbons (Fsp3) is 0.333. The van der Waals surface area contributed by atoms with Gasteiger partial charge < -0.3 is 9.64 Å². The number of benzene rings is 3. The Morgan fingerprint density at radius 2 is 1.61 bits per heavy atom. The molecular formula is C33H37N3O4S. The summed E-state index contributed by atoms with van der Waals surface area (Å²) in [5, 5.41) is 0.787. The lowest BCUT2D eigenvalue weighted by Gasteiger charge is -2.22. The fourth-order valence-corrected chi connectivity index (χ4v) is 6.63. The van der Waals surface area contributed by atoms with Crippen molar-refractivity contribution in [3.63, 3.8) is 0 Å². The lowest BCUT2D eigenvalue weighted by molar-refractivity contribution is 0.0761. The van der Waals surface area contributed by atoms with Crippen LogP contribution in [0.25, 0.3) is 10.9 Å². The standard InChI is InChI=1S/C33H37N3O4S/c1-25(2)23-40-30-15-11-26(12-16-30)22-35-18-5-19-36(21-20-35)33(37)29-13-9-27(10-14-29)24-41(38,39)31-8-3-6-28-7-4-17-34-32(28)31/h3-4,6-17,25H,5,18-24H2,1-2H3. The van der Waals surface area contributed by atoms with Gasteiger partial charge in [-0.15, -0.1) is 0 Å². The maximum atomic E-state index is 13.3. The van der Waals surface area contributed by atoms with Gasteiger partial charge in [-0.2, -0.15) is 0 Å². The van der Waals surface area contributed by atoms with Crippen LogP contribution >= 0.6 is 0 Å². The first kappa shape index (κ1) is 28.8. The number of fused-ring (bicyclic) bond motifs is 1. The summed E-state index contributed by atoms with van der Waals surface area (Å²) in [7, 11) is -3.61. The number of rotatable bonds is 9. The van der Waals surface area contributed by atoms with Gasteiger partial charge in [0.05, 0.1) is 22.8 Å². The minimum atomic E-state index is -3.61. The summed E-state index contributed by atoms with van der Waals surface area (Å²) in [6, 6.07) is 24.1. The zero-order chi connectivity index (χ0) is 28.8. The minimum Gasteiger partial charge on any atom is -0.493 e. The molecule has 1 amide bonds. The van der Waals surface area contributed by atoms with Gasteiger partial charge in [0.1, 0.15) is 5.75 Å². The van der Waals surface area contributed by atoms with E-state index in [1.54, 1.807) is 48.7 Å². The molecule has 0 N–H and O–H groups in total. The molecule has 0 spiro atoms. The molecule has 41 heavy (non-hydrogen) atoms. The van der Waals surface area contributed by atoms with Crippen LogP contribution in [0.3, 0.4) is 0 Å². The number of pyridine rings is 1. The summed E-state index contributed by atoms with van der Waals surface area (Å²) in [5.41, 5.74) is 2.91. The maximum Gasteiger partial charge on any atom is 0.253 e. The molecule has 2 heterocycles. The zero-order valence-electron chi connectivity index (χ0n) is 23.7. The lowest BCUT2D eigenvalue weighted by Crippen LogP contribution is -2.35. The molecule has 1 aromatic heterocycles. The number of hydrogen-bond donors (Lipinski definition) is 0. The fourth-order valence-electron chi connectivity index (χ4n) is 5.09. The lowest BCUT2D eigenvalue weighted by atomic mass is 10.1. The Morgan fingerprint density at radius 3 is 2.37 bits per heavy atom. The Labute approximate surface area is 242 Å². The van der Waals surface area contributed by atoms with E-state index < -0.39 is 9.84 Å². The van der Waals surface area contributed by atoms with Crippen LogP contribution in [0.2, 0.25) is 0 Å². The molecule has 8 heteroatoms. The van der Waals surface area contributed by atoms with Crippen LogP contribution in [0.15, 0.2) is 90.0 Å². The van der Waals surface area contributed by atoms with E-state index in [1.165, 1.54) is 5.56 Å². The van der Waals surface area contributed by atoms with E-state index in [1.807, 2.05) is 29.2 Å². The summed E-state index contributed by atoms with van der Waals surface area (Å²) in [5.74, 6) is 1.21. The molecule has 1 aliphatic heterocycles. The SMILES string of the molecule is CC(C)COc1ccc(CN2CCCN(C(=O)c3ccc(CS(=O)(=O)c4cccc5cccnc45)cc3)CC2)cc1. The van der Waals surface area contributed by atoms with E-state index in [4.69, 9.17) is 4.74 Å². The number of nitrogens with zero attached hydrogens (tertiary/aromatic N) is 3. The quantitative estimate of drug-likeness (QED) is 0.261. The third kappa shape index (κ3) is 7.31. The van der Waals surface area contributed by atoms with E-state index in [0.717, 1.165) is 37.2 Å². The maximum absolute atomic E-state index is 13.3. The highest BCUT2D eigenvalue weighted by Crippen LogP contribution is 2.24. The molecule has 0 aliphatic carbocycles. The number of carbonyl (C=O) groups is 1. The van der Waals surface area contributed by atoms with E-state index in [-0.39, 0.29) is 16.6 Å². The highest BCUT2D eigenvalue weighted by molar-refractivity contribution is 7.90. The molecule has 1 aliphatic rings. The molecule has 0 bridgehead atoms. The monoisotopic (exact) mass is 571 g/mol. The summed E-state index contributed by atoms with van der Waals surface area (Å²) < 4.78 is 32.2. The van der Waals surface area contributed by atoms with Gasteiger partial charge in [0.2, 0.25) is 0 Å². The largest absolute Gasteiger partial charge is 0.493 e. The van der Waals surface area contributed by atoms with Crippen molar-refractivity contribution in [3.8, 4) is 5.75 Å². The van der Waals surface area contributed by atoms with Crippen molar-refractivity contribution >= 4 is 26.6 Å². The van der Waals surface area contributed by atoms with Crippen LogP contribution in [0, 0.1) is 5.92 Å². The summed E-state index contributed by atoms with van der Waals surface area (Å²) in [4.78, 5) is 22.1. The molecule has 0 saturated carbocycles. The Hall–Kier alpha value is -3.75. The predicted octanol–water partition coefficient (Wildman–Crippen LogP) is 5.59. The molecule has 0 unspecified atom stereocenters. The molecule has 3 aromatic carbocycles. The topological polar surface area (TPSA) is 79.8 Å². The second-order valence-corrected chi connectivity index (χ2v) is 13.0. The molecule has 4 aromatic rings. The third-order valence-electron chi connectivity index (χ3n) is 7.28. The Balaban J connectivity index is 1.17. The predicted molar refractivity (Wildman–Crippen MR) is 162 cm³/mol. The summed E-state index contributed by atoms with van der Waals surface area (Å²) >= 11 is 0. The third-order valence-corrected chi connectivity index (χ3v) is 8.99. The van der Waals surface area contributed by atoms with Crippen molar-refractivity contribution in [2.45, 2.75) is 37.5 Å². The first-order valence-corrected chi connectivity index (χ1v) is 15.8. The first-order valence-electron chi connectivity index (χ1n) is 14.2. The Bertz CT molecular complexity index is 1580. The van der Waals surface area contributed by atoms with Crippen LogP contribution in [0.1, 0.15) is 41.8 Å². The average molecular weight is 572 g/mol. The van der Waals surface area contributed by atoms with Gasteiger partial charge in [-0.3, -0.25) is 14.7 Å². The van der Waals surface area contributed by atoms with Crippen molar-refractivity contribution in [2.75, 3.05) is 32.8 Å². The number of para-hydroxylation sites is 1. The van der Waals surface area contributed by atoms with Crippen LogP contribution in [0.5, 0.6) is 5.75 Å². The van der Waals surface area contributed by atoms with Gasteiger partial charge in [-0.1, -0.05) is 56.3 Å². The molecule has 0 radical (unpaired) electrons. The molecular weight excluding hydrogens is 534 g/mol. The molecule has 7 nitrogen and oxygen atoms in total. The molecule has 1 saturated heterocycles. The number of hydrogen-bond acceptors (Lipinski definition) is 6. The zero-order valence-corrected chi connectivity index (χ0v) is 24.5. The first-order chi connectivity index (χ1) is 19.8. The normalized spacial score (nSPS) is 14.8. The van der Waals surface area contributed by atoms with Crippen molar-refractivity contribution in [1.29, 1.82) is 0 Å². The average Bonchev–Trinajstić information content (AvgIpc) is 3.22. The summed E-state index contributed by atoms with van der Waals surface area (Å²) in [6.45, 7) is 8.88. The Kier molecular flexibility index (Phi) is 9.00. The molecule has 5 rings (SSSR count). The van der Waals surface area contributed by atoms with Crippen molar-refractivity contribution in [2.24, 2.45) is 5.92 Å². The summed E-state index contributed by atoms with van der Waals surface area (Å²) in [6.07, 6.45) is 2.50. The van der Waals surface area contributed by atoms with Crippen LogP contribution < -0.4 is 4.74 Å². The molecule has 214 valence electrons. The number of sulfone groups is 1. The minimum absolute atomic E-state index is 0.0221. The second kappa shape index (κ2) is 12.8. The van der Waals surface area contributed by atoms with Crippen LogP contribution in [-0.2, 0) is 22.1 Å². The number of aromatic nitrogens is 1. The van der Waals surface area contributed by atoms with Crippen LogP contribution in [0.4, 0.5) is 0 Å². The van der Waals surface area contributed by atoms with E-state index in [2.05, 4.69) is 35.9 Å². The molecule has 1 fully saturated rings. The van der Waals surface area contributed by atoms with Crippen molar-refractivity contribution in [3.05, 3.63) is 102 Å². The van der Waals surface area contributed by atoms with E-state index in [9.17, 15) is 13.2 Å². The van der Waals surface area contributed by atoms with Gasteiger partial charge in [0, 0.05) is 49.9 Å². The highest BCUT2D eigenvalue weighted by atomic mass is 32.2. The van der Waals surface area contributed by atoms with Gasteiger partial charge in [-0.05, 0) is 59.9 Å². The number of amides is 1. The van der Waals surface area contributed by atoms with Gasteiger partial charge in [0.25, 0.3) is 5.91 Å². The Morgan fingerprint density at radius 1 is 0.878 bits per heavy atom. The number of carbonyl (C=O) groups excluding carboxylic acids is 1. The number of ether oxygens (including phenoxy) is 1. The van der Waals surface area contributed by atoms with E-state index in [0.29, 0.717) is 42.3 Å². The van der Waals surface area contributed by atoms with Gasteiger partial charge in [0.15, 0.2) is 9.84 Å². The second-order valence-electron chi connectivity index (χ2n) is 11.1. The smallest absolute Gasteiger partial charge is 0.253 e. The highest BCUT2D eigenvalue weighted by Gasteiger charge is 2.22.